The van der Waals surface area contributed by atoms with Crippen molar-refractivity contribution in [3.8, 4) is 11.5 Å². The molecule has 0 spiro atoms. The van der Waals surface area contributed by atoms with Crippen LogP contribution in [0.3, 0.4) is 0 Å². The highest BCUT2D eigenvalue weighted by Gasteiger charge is 2.41. The van der Waals surface area contributed by atoms with Gasteiger partial charge in [-0.05, 0) is 24.0 Å². The van der Waals surface area contributed by atoms with Gasteiger partial charge in [0.15, 0.2) is 0 Å². The van der Waals surface area contributed by atoms with Crippen LogP contribution in [0.25, 0.3) is 5.57 Å². The van der Waals surface area contributed by atoms with Crippen LogP contribution in [0, 0.1) is 0 Å². The zero-order valence-corrected chi connectivity index (χ0v) is 15.6. The molecule has 2 aromatic carbocycles. The van der Waals surface area contributed by atoms with Gasteiger partial charge in [-0.25, -0.2) is 4.90 Å². The number of carbonyl (C=O) groups is 2. The number of para-hydroxylation sites is 1. The van der Waals surface area contributed by atoms with E-state index in [4.69, 9.17) is 9.47 Å². The lowest BCUT2D eigenvalue weighted by molar-refractivity contribution is -0.119. The molecule has 2 aromatic rings. The van der Waals surface area contributed by atoms with E-state index in [9.17, 15) is 9.59 Å². The Morgan fingerprint density at radius 3 is 2.42 bits per heavy atom. The van der Waals surface area contributed by atoms with Gasteiger partial charge in [0.25, 0.3) is 11.8 Å². The summed E-state index contributed by atoms with van der Waals surface area (Å²) in [5, 5.41) is 0. The van der Waals surface area contributed by atoms with Gasteiger partial charge in [-0.1, -0.05) is 31.2 Å². The van der Waals surface area contributed by atoms with E-state index in [0.717, 1.165) is 0 Å². The highest BCUT2D eigenvalue weighted by molar-refractivity contribution is 8.04. The number of imide groups is 1. The van der Waals surface area contributed by atoms with Crippen LogP contribution in [0.1, 0.15) is 12.5 Å². The minimum atomic E-state index is -0.358. The van der Waals surface area contributed by atoms with E-state index >= 15 is 0 Å². The van der Waals surface area contributed by atoms with E-state index in [2.05, 4.69) is 0 Å². The molecule has 0 radical (unpaired) electrons. The van der Waals surface area contributed by atoms with E-state index < -0.39 is 0 Å². The van der Waals surface area contributed by atoms with E-state index in [1.165, 1.54) is 16.7 Å². The fourth-order valence-electron chi connectivity index (χ4n) is 2.86. The fourth-order valence-corrected chi connectivity index (χ4v) is 3.71. The van der Waals surface area contributed by atoms with E-state index in [0.29, 0.717) is 39.0 Å². The Kier molecular flexibility index (Phi) is 5.32. The maximum absolute atomic E-state index is 13.2. The van der Waals surface area contributed by atoms with Gasteiger partial charge < -0.3 is 9.47 Å². The number of carbonyl (C=O) groups excluding carboxylic acids is 2. The Balaban J connectivity index is 2.13. The quantitative estimate of drug-likeness (QED) is 0.726. The molecule has 0 bridgehead atoms. The minimum Gasteiger partial charge on any atom is -0.497 e. The summed E-state index contributed by atoms with van der Waals surface area (Å²) < 4.78 is 10.6. The van der Waals surface area contributed by atoms with Crippen LogP contribution in [0.2, 0.25) is 0 Å². The van der Waals surface area contributed by atoms with Crippen LogP contribution < -0.4 is 14.4 Å². The molecule has 0 unspecified atom stereocenters. The first-order valence-electron chi connectivity index (χ1n) is 8.15. The molecule has 134 valence electrons. The molecule has 6 heteroatoms. The normalized spacial score (nSPS) is 14.2. The number of benzene rings is 2. The van der Waals surface area contributed by atoms with Crippen molar-refractivity contribution in [3.05, 3.63) is 59.0 Å². The lowest BCUT2D eigenvalue weighted by Gasteiger charge is -2.16. The SMILES string of the molecule is CCSC1=C(c2ccccc2OC)C(=O)N(c2cccc(OC)c2)C1=O. The molecule has 1 heterocycles. The molecule has 0 aromatic heterocycles. The lowest BCUT2D eigenvalue weighted by Crippen LogP contribution is -2.31. The summed E-state index contributed by atoms with van der Waals surface area (Å²) in [5.41, 5.74) is 1.48. The summed E-state index contributed by atoms with van der Waals surface area (Å²) in [5.74, 6) is 1.14. The molecule has 5 nitrogen and oxygen atoms in total. The van der Waals surface area contributed by atoms with Crippen molar-refractivity contribution >= 4 is 34.8 Å². The zero-order chi connectivity index (χ0) is 18.7. The molecule has 1 aliphatic heterocycles. The highest BCUT2D eigenvalue weighted by atomic mass is 32.2. The molecule has 26 heavy (non-hydrogen) atoms. The van der Waals surface area contributed by atoms with E-state index in [-0.39, 0.29) is 11.8 Å². The van der Waals surface area contributed by atoms with Crippen molar-refractivity contribution in [1.29, 1.82) is 0 Å². The standard InChI is InChI=1S/C20H19NO4S/c1-4-26-18-17(15-10-5-6-11-16(15)25-3)19(22)21(20(18)23)13-8-7-9-14(12-13)24-2/h5-12H,4H2,1-3H3. The van der Waals surface area contributed by atoms with Crippen LogP contribution in [0.5, 0.6) is 11.5 Å². The number of thioether (sulfide) groups is 1. The van der Waals surface area contributed by atoms with Crippen LogP contribution >= 0.6 is 11.8 Å². The van der Waals surface area contributed by atoms with Gasteiger partial charge in [-0.15, -0.1) is 11.8 Å². The van der Waals surface area contributed by atoms with E-state index in [1.54, 1.807) is 50.6 Å². The second-order valence-electron chi connectivity index (χ2n) is 5.48. The molecular weight excluding hydrogens is 350 g/mol. The predicted octanol–water partition coefficient (Wildman–Crippen LogP) is 3.74. The third-order valence-electron chi connectivity index (χ3n) is 4.02. The minimum absolute atomic E-state index is 0.323. The molecular formula is C20H19NO4S. The fraction of sp³-hybridized carbons (Fsp3) is 0.200. The number of methoxy groups -OCH3 is 2. The first kappa shape index (κ1) is 18.1. The molecule has 0 atom stereocenters. The third-order valence-corrected chi connectivity index (χ3v) is 4.97. The lowest BCUT2D eigenvalue weighted by atomic mass is 10.0. The number of anilines is 1. The third kappa shape index (κ3) is 3.08. The number of rotatable bonds is 6. The highest BCUT2D eigenvalue weighted by Crippen LogP contribution is 2.41. The second kappa shape index (κ2) is 7.66. The Hall–Kier alpha value is -2.73. The molecule has 0 saturated heterocycles. The summed E-state index contributed by atoms with van der Waals surface area (Å²) in [6.45, 7) is 1.95. The average molecular weight is 369 g/mol. The largest absolute Gasteiger partial charge is 0.497 e. The Morgan fingerprint density at radius 2 is 1.73 bits per heavy atom. The van der Waals surface area contributed by atoms with Gasteiger partial charge in [0.05, 0.1) is 30.4 Å². The molecule has 0 fully saturated rings. The van der Waals surface area contributed by atoms with Crippen LogP contribution in [0.15, 0.2) is 53.4 Å². The summed E-state index contributed by atoms with van der Waals surface area (Å²) >= 11 is 1.36. The Morgan fingerprint density at radius 1 is 0.962 bits per heavy atom. The summed E-state index contributed by atoms with van der Waals surface area (Å²) in [6, 6.07) is 14.1. The van der Waals surface area contributed by atoms with Crippen molar-refractivity contribution in [2.45, 2.75) is 6.92 Å². The first-order chi connectivity index (χ1) is 12.6. The van der Waals surface area contributed by atoms with Crippen LogP contribution in [-0.2, 0) is 9.59 Å². The molecule has 2 amide bonds. The van der Waals surface area contributed by atoms with Crippen LogP contribution in [0.4, 0.5) is 5.69 Å². The number of nitrogens with zero attached hydrogens (tertiary/aromatic N) is 1. The van der Waals surface area contributed by atoms with E-state index in [1.807, 2.05) is 19.1 Å². The van der Waals surface area contributed by atoms with Crippen molar-refractivity contribution in [3.63, 3.8) is 0 Å². The van der Waals surface area contributed by atoms with Gasteiger partial charge in [0, 0.05) is 11.6 Å². The van der Waals surface area contributed by atoms with Gasteiger partial charge in [0.1, 0.15) is 11.5 Å². The van der Waals surface area contributed by atoms with Gasteiger partial charge in [-0.3, -0.25) is 9.59 Å². The van der Waals surface area contributed by atoms with Gasteiger partial charge >= 0.3 is 0 Å². The monoisotopic (exact) mass is 369 g/mol. The maximum Gasteiger partial charge on any atom is 0.272 e. The van der Waals surface area contributed by atoms with Crippen molar-refractivity contribution < 1.29 is 19.1 Å². The van der Waals surface area contributed by atoms with Gasteiger partial charge in [0.2, 0.25) is 0 Å². The number of ether oxygens (including phenoxy) is 2. The molecule has 3 rings (SSSR count). The molecule has 1 aliphatic rings. The number of hydrogen-bond donors (Lipinski definition) is 0. The summed E-state index contributed by atoms with van der Waals surface area (Å²) in [4.78, 5) is 27.9. The van der Waals surface area contributed by atoms with Crippen molar-refractivity contribution in [2.24, 2.45) is 0 Å². The first-order valence-corrected chi connectivity index (χ1v) is 9.14. The Bertz CT molecular complexity index is 891. The van der Waals surface area contributed by atoms with Crippen molar-refractivity contribution in [1.82, 2.24) is 0 Å². The summed E-state index contributed by atoms with van der Waals surface area (Å²) in [6.07, 6.45) is 0. The van der Waals surface area contributed by atoms with Crippen molar-refractivity contribution in [2.75, 3.05) is 24.9 Å². The molecule has 0 aliphatic carbocycles. The number of amides is 2. The average Bonchev–Trinajstić information content (AvgIpc) is 2.92. The zero-order valence-electron chi connectivity index (χ0n) is 14.8. The summed E-state index contributed by atoms with van der Waals surface area (Å²) in [7, 11) is 3.09. The number of hydrogen-bond acceptors (Lipinski definition) is 5. The smallest absolute Gasteiger partial charge is 0.272 e. The molecule has 0 N–H and O–H groups in total. The maximum atomic E-state index is 13.2. The van der Waals surface area contributed by atoms with Gasteiger partial charge in [-0.2, -0.15) is 0 Å². The topological polar surface area (TPSA) is 55.8 Å². The molecule has 0 saturated carbocycles. The second-order valence-corrected chi connectivity index (χ2v) is 6.76. The van der Waals surface area contributed by atoms with Crippen LogP contribution in [-0.4, -0.2) is 31.8 Å². The predicted molar refractivity (Wildman–Crippen MR) is 104 cm³/mol. The Labute approximate surface area is 156 Å².